The molecule has 68 valence electrons. The zero-order chi connectivity index (χ0) is 9.72. The summed E-state index contributed by atoms with van der Waals surface area (Å²) < 4.78 is 0. The smallest absolute Gasteiger partial charge is 0.401 e. The van der Waals surface area contributed by atoms with Crippen molar-refractivity contribution in [2.45, 2.75) is 12.5 Å². The lowest BCUT2D eigenvalue weighted by molar-refractivity contribution is -0.127. The minimum absolute atomic E-state index is 0.0845. The molecule has 0 aromatic carbocycles. The van der Waals surface area contributed by atoms with Crippen LogP contribution in [-0.4, -0.2) is 33.6 Å². The van der Waals surface area contributed by atoms with Crippen LogP contribution in [0.3, 0.4) is 0 Å². The van der Waals surface area contributed by atoms with Crippen molar-refractivity contribution >= 4 is 28.8 Å². The molecule has 0 aromatic heterocycles. The van der Waals surface area contributed by atoms with Crippen molar-refractivity contribution in [3.63, 3.8) is 0 Å². The van der Waals surface area contributed by atoms with Gasteiger partial charge < -0.3 is 10.2 Å². The van der Waals surface area contributed by atoms with Gasteiger partial charge in [-0.15, -0.1) is 0 Å². The molecule has 0 aromatic rings. The highest BCUT2D eigenvalue weighted by molar-refractivity contribution is 6.60. The van der Waals surface area contributed by atoms with E-state index in [0.29, 0.717) is 0 Å². The highest BCUT2D eigenvalue weighted by Gasteiger charge is 2.27. The van der Waals surface area contributed by atoms with Crippen LogP contribution in [0.5, 0.6) is 0 Å². The number of hydrogen-bond acceptors (Lipinski definition) is 4. The van der Waals surface area contributed by atoms with E-state index in [1.54, 1.807) is 0 Å². The van der Waals surface area contributed by atoms with Crippen molar-refractivity contribution in [1.29, 1.82) is 0 Å². The predicted octanol–water partition coefficient (Wildman–Crippen LogP) is -0.703. The van der Waals surface area contributed by atoms with Gasteiger partial charge in [0.25, 0.3) is 5.91 Å². The molecule has 0 saturated carbocycles. The van der Waals surface area contributed by atoms with Gasteiger partial charge in [0.15, 0.2) is 0 Å². The summed E-state index contributed by atoms with van der Waals surface area (Å²) >= 11 is 4.19. The highest BCUT2D eigenvalue weighted by Crippen LogP contribution is 1.98. The number of imide groups is 1. The van der Waals surface area contributed by atoms with E-state index in [4.69, 9.17) is 15.0 Å². The zero-order valence-electron chi connectivity index (χ0n) is 5.78. The van der Waals surface area contributed by atoms with E-state index in [0.717, 1.165) is 0 Å². The van der Waals surface area contributed by atoms with Crippen molar-refractivity contribution in [2.24, 2.45) is 0 Å². The van der Waals surface area contributed by atoms with Crippen molar-refractivity contribution in [1.82, 2.24) is 5.32 Å². The lowest BCUT2D eigenvalue weighted by atomic mass is 10.3. The Morgan fingerprint density at radius 2 is 2.00 bits per heavy atom. The highest BCUT2D eigenvalue weighted by atomic mass is 35.5. The fourth-order valence-corrected chi connectivity index (χ4v) is 0.540. The van der Waals surface area contributed by atoms with Gasteiger partial charge in [-0.3, -0.25) is 14.9 Å². The van der Waals surface area contributed by atoms with Crippen molar-refractivity contribution in [3.8, 4) is 0 Å². The molecule has 0 radical (unpaired) electrons. The summed E-state index contributed by atoms with van der Waals surface area (Å²) in [4.78, 5) is 29.1. The third kappa shape index (κ3) is 4.64. The number of carbonyl (C=O) groups excluding carboxylic acids is 2. The second-order valence-corrected chi connectivity index (χ2v) is 2.21. The molecule has 1 unspecified atom stereocenters. The van der Waals surface area contributed by atoms with Gasteiger partial charge in [-0.05, 0) is 0 Å². The molecule has 1 heterocycles. The Bertz CT molecular complexity index is 212. The summed E-state index contributed by atoms with van der Waals surface area (Å²) in [5, 5.41) is 17.7. The number of carboxylic acid groups (broad SMARTS) is 1. The molecule has 1 saturated heterocycles. The monoisotopic (exact) mass is 195 g/mol. The van der Waals surface area contributed by atoms with Gasteiger partial charge in [-0.1, -0.05) is 0 Å². The van der Waals surface area contributed by atoms with Gasteiger partial charge in [0.05, 0.1) is 6.42 Å². The van der Waals surface area contributed by atoms with Crippen molar-refractivity contribution in [2.75, 3.05) is 0 Å². The Balaban J connectivity index is 0.000000261. The fourth-order valence-electron chi connectivity index (χ4n) is 0.540. The number of aliphatic hydroxyl groups excluding tert-OH is 1. The summed E-state index contributed by atoms with van der Waals surface area (Å²) in [5.41, 5.74) is -1.36. The topological polar surface area (TPSA) is 104 Å². The molecule has 2 amide bonds. The van der Waals surface area contributed by atoms with Crippen LogP contribution in [0.25, 0.3) is 0 Å². The third-order valence-corrected chi connectivity index (χ3v) is 0.944. The number of aliphatic hydroxyl groups is 1. The lowest BCUT2D eigenvalue weighted by Gasteiger charge is -1.88. The van der Waals surface area contributed by atoms with Crippen molar-refractivity contribution < 1.29 is 24.6 Å². The Hall–Kier alpha value is -1.14. The van der Waals surface area contributed by atoms with Crippen molar-refractivity contribution in [3.05, 3.63) is 0 Å². The summed E-state index contributed by atoms with van der Waals surface area (Å²) in [6, 6.07) is 0. The minimum atomic E-state index is -1.36. The van der Waals surface area contributed by atoms with Crippen LogP contribution in [0.2, 0.25) is 0 Å². The van der Waals surface area contributed by atoms with Gasteiger partial charge in [-0.2, -0.15) is 0 Å². The maximum atomic E-state index is 10.2. The summed E-state index contributed by atoms with van der Waals surface area (Å²) in [6.07, 6.45) is -1.19. The largest absolute Gasteiger partial charge is 0.469 e. The van der Waals surface area contributed by atoms with Crippen LogP contribution in [0.15, 0.2) is 0 Å². The molecule has 1 aliphatic heterocycles. The SMILES string of the molecule is O=C(O)Cl.O=C1CC(O)C(=O)N1. The minimum Gasteiger partial charge on any atom is -0.469 e. The molecule has 3 N–H and O–H groups in total. The summed E-state index contributed by atoms with van der Waals surface area (Å²) in [6.45, 7) is 0. The molecule has 1 fully saturated rings. The Morgan fingerprint density at radius 3 is 2.08 bits per heavy atom. The average Bonchev–Trinajstić information content (AvgIpc) is 2.08. The maximum absolute atomic E-state index is 10.2. The molecule has 1 atom stereocenters. The standard InChI is InChI=1S/C4H5NO3.CHClO2/c6-2-1-3(7)5-4(2)8;2-1(3)4/h2,6H,1H2,(H,5,7,8);(H,3,4). The molecule has 0 spiro atoms. The summed E-state index contributed by atoms with van der Waals surface area (Å²) in [7, 11) is 0. The Kier molecular flexibility index (Phi) is 4.24. The number of rotatable bonds is 0. The summed E-state index contributed by atoms with van der Waals surface area (Å²) in [5.74, 6) is -0.988. The maximum Gasteiger partial charge on any atom is 0.401 e. The second kappa shape index (κ2) is 4.68. The van der Waals surface area contributed by atoms with E-state index in [-0.39, 0.29) is 6.42 Å². The molecule has 0 bridgehead atoms. The van der Waals surface area contributed by atoms with Crippen LogP contribution in [0.4, 0.5) is 4.79 Å². The van der Waals surface area contributed by atoms with Crippen LogP contribution >= 0.6 is 11.6 Å². The molecule has 7 heteroatoms. The van der Waals surface area contributed by atoms with Crippen LogP contribution in [-0.2, 0) is 9.59 Å². The van der Waals surface area contributed by atoms with E-state index < -0.39 is 23.3 Å². The average molecular weight is 196 g/mol. The Morgan fingerprint density at radius 1 is 1.58 bits per heavy atom. The molecule has 1 aliphatic rings. The van der Waals surface area contributed by atoms with Gasteiger partial charge in [0, 0.05) is 11.6 Å². The fraction of sp³-hybridized carbons (Fsp3) is 0.400. The first-order valence-electron chi connectivity index (χ1n) is 2.83. The van der Waals surface area contributed by atoms with E-state index in [9.17, 15) is 9.59 Å². The van der Waals surface area contributed by atoms with E-state index in [1.165, 1.54) is 0 Å². The Labute approximate surface area is 72.1 Å². The molecular weight excluding hydrogens is 190 g/mol. The van der Waals surface area contributed by atoms with E-state index >= 15 is 0 Å². The number of halogens is 1. The van der Waals surface area contributed by atoms with Gasteiger partial charge in [0.2, 0.25) is 5.91 Å². The zero-order valence-corrected chi connectivity index (χ0v) is 6.54. The van der Waals surface area contributed by atoms with Gasteiger partial charge in [0.1, 0.15) is 6.10 Å². The first kappa shape index (κ1) is 10.9. The van der Waals surface area contributed by atoms with Crippen LogP contribution in [0.1, 0.15) is 6.42 Å². The molecule has 1 rings (SSSR count). The second-order valence-electron chi connectivity index (χ2n) is 1.89. The normalized spacial score (nSPS) is 21.0. The first-order chi connectivity index (χ1) is 5.43. The molecule has 6 nitrogen and oxygen atoms in total. The molecular formula is C5H6ClNO5. The van der Waals surface area contributed by atoms with Crippen LogP contribution in [0, 0.1) is 0 Å². The number of amides is 2. The van der Waals surface area contributed by atoms with Gasteiger partial charge >= 0.3 is 5.43 Å². The third-order valence-electron chi connectivity index (χ3n) is 0.944. The molecule has 0 aliphatic carbocycles. The van der Waals surface area contributed by atoms with E-state index in [2.05, 4.69) is 11.6 Å². The molecule has 12 heavy (non-hydrogen) atoms. The van der Waals surface area contributed by atoms with Crippen LogP contribution < -0.4 is 5.32 Å². The number of carbonyl (C=O) groups is 3. The van der Waals surface area contributed by atoms with Gasteiger partial charge in [-0.25, -0.2) is 4.79 Å². The predicted molar refractivity (Wildman–Crippen MR) is 37.7 cm³/mol. The first-order valence-corrected chi connectivity index (χ1v) is 3.21. The lowest BCUT2D eigenvalue weighted by Crippen LogP contribution is -2.24. The number of nitrogens with one attached hydrogen (secondary N) is 1. The number of hydrogen-bond donors (Lipinski definition) is 3. The van der Waals surface area contributed by atoms with E-state index in [1.807, 2.05) is 5.32 Å². The quantitative estimate of drug-likeness (QED) is 0.350.